The molecule has 1 aliphatic rings. The minimum atomic E-state index is -0.352. The topological polar surface area (TPSA) is 55.8 Å². The maximum absolute atomic E-state index is 13.3. The molecule has 0 spiro atoms. The van der Waals surface area contributed by atoms with E-state index in [1.54, 1.807) is 44.2 Å². The van der Waals surface area contributed by atoms with E-state index < -0.39 is 0 Å². The zero-order valence-electron chi connectivity index (χ0n) is 16.1. The smallest absolute Gasteiger partial charge is 0.293 e. The van der Waals surface area contributed by atoms with Gasteiger partial charge in [0.15, 0.2) is 11.5 Å². The third-order valence-electron chi connectivity index (χ3n) is 4.16. The van der Waals surface area contributed by atoms with Crippen LogP contribution in [0.5, 0.6) is 11.5 Å². The van der Waals surface area contributed by atoms with Crippen molar-refractivity contribution in [2.24, 2.45) is 0 Å². The standard InChI is InChI=1S/C21H19ClFNO4S/c1-12(2)24-20(25)18(29-21(24)26)10-14-8-16(22)19(17(9-14)27-3)28-11-13-5-4-6-15(23)7-13/h4-10,12H,11H2,1-3H3/b18-10-. The van der Waals surface area contributed by atoms with Crippen molar-refractivity contribution in [3.05, 3.63) is 63.3 Å². The van der Waals surface area contributed by atoms with Gasteiger partial charge in [-0.15, -0.1) is 0 Å². The third kappa shape index (κ3) is 4.74. The number of ether oxygens (including phenoxy) is 2. The molecule has 3 rings (SSSR count). The Balaban J connectivity index is 1.85. The molecule has 152 valence electrons. The molecule has 0 N–H and O–H groups in total. The van der Waals surface area contributed by atoms with Crippen molar-refractivity contribution in [1.29, 1.82) is 0 Å². The number of carbonyl (C=O) groups is 2. The maximum atomic E-state index is 13.3. The Morgan fingerprint density at radius 1 is 1.24 bits per heavy atom. The number of halogens is 2. The van der Waals surface area contributed by atoms with Crippen LogP contribution in [-0.4, -0.2) is 29.2 Å². The van der Waals surface area contributed by atoms with Crippen molar-refractivity contribution in [2.75, 3.05) is 7.11 Å². The van der Waals surface area contributed by atoms with E-state index in [4.69, 9.17) is 21.1 Å². The number of amides is 2. The van der Waals surface area contributed by atoms with Crippen molar-refractivity contribution in [2.45, 2.75) is 26.5 Å². The van der Waals surface area contributed by atoms with Gasteiger partial charge in [0.05, 0.1) is 17.0 Å². The average Bonchev–Trinajstić information content (AvgIpc) is 2.93. The number of rotatable bonds is 6. The van der Waals surface area contributed by atoms with Gasteiger partial charge in [-0.25, -0.2) is 4.39 Å². The quantitative estimate of drug-likeness (QED) is 0.560. The van der Waals surface area contributed by atoms with Crippen molar-refractivity contribution >= 4 is 40.6 Å². The van der Waals surface area contributed by atoms with Gasteiger partial charge in [-0.2, -0.15) is 0 Å². The van der Waals surface area contributed by atoms with Crippen molar-refractivity contribution in [3.8, 4) is 11.5 Å². The Labute approximate surface area is 177 Å². The Morgan fingerprint density at radius 2 is 2.00 bits per heavy atom. The van der Waals surface area contributed by atoms with Crippen molar-refractivity contribution in [1.82, 2.24) is 4.90 Å². The van der Waals surface area contributed by atoms with Crippen LogP contribution in [0.2, 0.25) is 5.02 Å². The van der Waals surface area contributed by atoms with Gasteiger partial charge in [-0.1, -0.05) is 23.7 Å². The van der Waals surface area contributed by atoms with E-state index in [2.05, 4.69) is 0 Å². The third-order valence-corrected chi connectivity index (χ3v) is 5.33. The summed E-state index contributed by atoms with van der Waals surface area (Å²) in [4.78, 5) is 26.0. The van der Waals surface area contributed by atoms with E-state index in [0.29, 0.717) is 27.5 Å². The number of carbonyl (C=O) groups excluding carboxylic acids is 2. The zero-order chi connectivity index (χ0) is 21.1. The molecule has 5 nitrogen and oxygen atoms in total. The SMILES string of the molecule is COc1cc(/C=C2\SC(=O)N(C(C)C)C2=O)cc(Cl)c1OCc1cccc(F)c1. The predicted octanol–water partition coefficient (Wildman–Crippen LogP) is 5.51. The number of imide groups is 1. The second-order valence-corrected chi connectivity index (χ2v) is 8.00. The number of nitrogens with zero attached hydrogens (tertiary/aromatic N) is 1. The van der Waals surface area contributed by atoms with Gasteiger partial charge < -0.3 is 9.47 Å². The monoisotopic (exact) mass is 435 g/mol. The summed E-state index contributed by atoms with van der Waals surface area (Å²) in [6.07, 6.45) is 1.60. The van der Waals surface area contributed by atoms with Crippen LogP contribution >= 0.6 is 23.4 Å². The van der Waals surface area contributed by atoms with E-state index in [0.717, 1.165) is 11.8 Å². The first-order chi connectivity index (χ1) is 13.8. The largest absolute Gasteiger partial charge is 0.493 e. The summed E-state index contributed by atoms with van der Waals surface area (Å²) < 4.78 is 24.4. The normalized spacial score (nSPS) is 15.5. The second-order valence-electron chi connectivity index (χ2n) is 6.60. The molecule has 29 heavy (non-hydrogen) atoms. The van der Waals surface area contributed by atoms with Crippen LogP contribution in [0.15, 0.2) is 41.3 Å². The highest BCUT2D eigenvalue weighted by atomic mass is 35.5. The molecular weight excluding hydrogens is 417 g/mol. The molecule has 1 fully saturated rings. The molecule has 1 saturated heterocycles. The minimum Gasteiger partial charge on any atom is -0.493 e. The lowest BCUT2D eigenvalue weighted by Gasteiger charge is -2.16. The van der Waals surface area contributed by atoms with E-state index in [9.17, 15) is 14.0 Å². The minimum absolute atomic E-state index is 0.112. The number of benzene rings is 2. The summed E-state index contributed by atoms with van der Waals surface area (Å²) in [7, 11) is 1.47. The van der Waals surface area contributed by atoms with Crippen LogP contribution in [0.4, 0.5) is 9.18 Å². The molecule has 0 atom stereocenters. The van der Waals surface area contributed by atoms with Gasteiger partial charge in [0.1, 0.15) is 12.4 Å². The molecule has 2 amide bonds. The lowest BCUT2D eigenvalue weighted by atomic mass is 10.1. The van der Waals surface area contributed by atoms with Crippen LogP contribution in [0.25, 0.3) is 6.08 Å². The average molecular weight is 436 g/mol. The molecular formula is C21H19ClFNO4S. The molecule has 0 bridgehead atoms. The summed E-state index contributed by atoms with van der Waals surface area (Å²) >= 11 is 7.25. The van der Waals surface area contributed by atoms with E-state index in [1.807, 2.05) is 0 Å². The predicted molar refractivity (Wildman–Crippen MR) is 112 cm³/mol. The summed E-state index contributed by atoms with van der Waals surface area (Å²) in [5.74, 6) is -0.0134. The summed E-state index contributed by atoms with van der Waals surface area (Å²) in [6.45, 7) is 3.67. The molecule has 2 aromatic carbocycles. The molecule has 0 radical (unpaired) electrons. The van der Waals surface area contributed by atoms with Crippen molar-refractivity contribution < 1.29 is 23.5 Å². The summed E-state index contributed by atoms with van der Waals surface area (Å²) in [5, 5.41) is -0.0283. The Hall–Kier alpha value is -2.51. The molecule has 0 aromatic heterocycles. The number of thioether (sulfide) groups is 1. The van der Waals surface area contributed by atoms with Gasteiger partial charge in [-0.05, 0) is 67.1 Å². The molecule has 8 heteroatoms. The van der Waals surface area contributed by atoms with E-state index in [-0.39, 0.29) is 34.6 Å². The molecule has 0 unspecified atom stereocenters. The molecule has 2 aromatic rings. The van der Waals surface area contributed by atoms with Crippen LogP contribution in [-0.2, 0) is 11.4 Å². The number of hydrogen-bond donors (Lipinski definition) is 0. The highest BCUT2D eigenvalue weighted by Crippen LogP contribution is 2.39. The fourth-order valence-corrected chi connectivity index (χ4v) is 4.06. The van der Waals surface area contributed by atoms with E-state index >= 15 is 0 Å². The number of methoxy groups -OCH3 is 1. The Morgan fingerprint density at radius 3 is 2.62 bits per heavy atom. The molecule has 0 aliphatic carbocycles. The second kappa shape index (κ2) is 8.88. The lowest BCUT2D eigenvalue weighted by molar-refractivity contribution is -0.123. The summed E-state index contributed by atoms with van der Waals surface area (Å²) in [6, 6.07) is 9.13. The fraction of sp³-hybridized carbons (Fsp3) is 0.238. The van der Waals surface area contributed by atoms with Crippen LogP contribution in [0.1, 0.15) is 25.0 Å². The molecule has 0 saturated carbocycles. The van der Waals surface area contributed by atoms with Crippen LogP contribution in [0, 0.1) is 5.82 Å². The highest BCUT2D eigenvalue weighted by Gasteiger charge is 2.36. The first kappa shape index (κ1) is 21.2. The van der Waals surface area contributed by atoms with Gasteiger partial charge in [0.2, 0.25) is 0 Å². The van der Waals surface area contributed by atoms with Crippen molar-refractivity contribution in [3.63, 3.8) is 0 Å². The lowest BCUT2D eigenvalue weighted by Crippen LogP contribution is -2.34. The Kier molecular flexibility index (Phi) is 6.49. The van der Waals surface area contributed by atoms with Gasteiger partial charge in [-0.3, -0.25) is 14.5 Å². The highest BCUT2D eigenvalue weighted by molar-refractivity contribution is 8.18. The van der Waals surface area contributed by atoms with Crippen LogP contribution < -0.4 is 9.47 Å². The fourth-order valence-electron chi connectivity index (χ4n) is 2.82. The molecule has 1 aliphatic heterocycles. The zero-order valence-corrected chi connectivity index (χ0v) is 17.6. The van der Waals surface area contributed by atoms with Gasteiger partial charge in [0, 0.05) is 6.04 Å². The summed E-state index contributed by atoms with van der Waals surface area (Å²) in [5.41, 5.74) is 1.24. The van der Waals surface area contributed by atoms with Crippen LogP contribution in [0.3, 0.4) is 0 Å². The van der Waals surface area contributed by atoms with E-state index in [1.165, 1.54) is 24.1 Å². The first-order valence-corrected chi connectivity index (χ1v) is 10.0. The number of hydrogen-bond acceptors (Lipinski definition) is 5. The first-order valence-electron chi connectivity index (χ1n) is 8.82. The van der Waals surface area contributed by atoms with Gasteiger partial charge >= 0.3 is 0 Å². The Bertz CT molecular complexity index is 993. The van der Waals surface area contributed by atoms with Gasteiger partial charge in [0.25, 0.3) is 11.1 Å². The maximum Gasteiger partial charge on any atom is 0.293 e. The molecule has 1 heterocycles.